The van der Waals surface area contributed by atoms with Crippen LogP contribution in [0, 0.1) is 0 Å². The van der Waals surface area contributed by atoms with Gasteiger partial charge in [0, 0.05) is 23.0 Å². The first-order chi connectivity index (χ1) is 9.33. The molecule has 1 aliphatic rings. The Bertz CT molecular complexity index is 556. The summed E-state index contributed by atoms with van der Waals surface area (Å²) in [5, 5.41) is 3.47. The van der Waals surface area contributed by atoms with Gasteiger partial charge in [-0.2, -0.15) is 0 Å². The Hall–Kier alpha value is -1.32. The van der Waals surface area contributed by atoms with Crippen molar-refractivity contribution in [3.8, 4) is 5.75 Å². The molecule has 0 saturated carbocycles. The van der Waals surface area contributed by atoms with Crippen LogP contribution in [-0.2, 0) is 6.54 Å². The van der Waals surface area contributed by atoms with Gasteiger partial charge in [-0.15, -0.1) is 0 Å². The van der Waals surface area contributed by atoms with E-state index in [4.69, 9.17) is 4.74 Å². The fourth-order valence-corrected chi connectivity index (χ4v) is 2.70. The largest absolute Gasteiger partial charge is 0.485 e. The number of fused-ring (bicyclic) bond motifs is 1. The summed E-state index contributed by atoms with van der Waals surface area (Å²) in [6, 6.07) is 16.6. The predicted octanol–water partition coefficient (Wildman–Crippen LogP) is 4.06. The molecule has 0 amide bonds. The Labute approximate surface area is 121 Å². The van der Waals surface area contributed by atoms with Gasteiger partial charge in [-0.05, 0) is 24.2 Å². The van der Waals surface area contributed by atoms with E-state index in [1.165, 1.54) is 11.1 Å². The van der Waals surface area contributed by atoms with E-state index in [-0.39, 0.29) is 6.10 Å². The van der Waals surface area contributed by atoms with Crippen molar-refractivity contribution in [2.24, 2.45) is 0 Å². The molecular weight excluding hydrogens is 302 g/mol. The van der Waals surface area contributed by atoms with E-state index in [2.05, 4.69) is 63.7 Å². The van der Waals surface area contributed by atoms with E-state index >= 15 is 0 Å². The minimum atomic E-state index is 0.113. The van der Waals surface area contributed by atoms with Crippen LogP contribution in [0.25, 0.3) is 0 Å². The molecule has 0 saturated heterocycles. The molecule has 1 atom stereocenters. The van der Waals surface area contributed by atoms with E-state index in [1.54, 1.807) is 0 Å². The number of benzene rings is 2. The smallest absolute Gasteiger partial charge is 0.125 e. The Balaban J connectivity index is 1.93. The summed E-state index contributed by atoms with van der Waals surface area (Å²) in [5.74, 6) is 0.968. The molecule has 2 nitrogen and oxygen atoms in total. The first kappa shape index (κ1) is 12.7. The zero-order valence-corrected chi connectivity index (χ0v) is 12.2. The van der Waals surface area contributed by atoms with Gasteiger partial charge in [-0.1, -0.05) is 52.3 Å². The lowest BCUT2D eigenvalue weighted by atomic mass is 10.0. The van der Waals surface area contributed by atoms with Crippen LogP contribution in [0.5, 0.6) is 5.75 Å². The van der Waals surface area contributed by atoms with Crippen LogP contribution in [0.3, 0.4) is 0 Å². The topological polar surface area (TPSA) is 21.3 Å². The zero-order chi connectivity index (χ0) is 13.1. The number of nitrogens with one attached hydrogen (secondary N) is 1. The normalized spacial score (nSPS) is 18.9. The van der Waals surface area contributed by atoms with E-state index < -0.39 is 0 Å². The third-order valence-corrected chi connectivity index (χ3v) is 3.86. The molecule has 1 aliphatic heterocycles. The number of halogens is 1. The maximum absolute atomic E-state index is 6.23. The highest BCUT2D eigenvalue weighted by Gasteiger charge is 2.17. The first-order valence-corrected chi connectivity index (χ1v) is 7.33. The van der Waals surface area contributed by atoms with E-state index in [1.807, 2.05) is 6.07 Å². The Morgan fingerprint density at radius 1 is 1.11 bits per heavy atom. The molecule has 1 unspecified atom stereocenters. The molecule has 1 heterocycles. The van der Waals surface area contributed by atoms with Gasteiger partial charge in [0.25, 0.3) is 0 Å². The summed E-state index contributed by atoms with van der Waals surface area (Å²) in [6.45, 7) is 1.83. The van der Waals surface area contributed by atoms with E-state index in [9.17, 15) is 0 Å². The van der Waals surface area contributed by atoms with Gasteiger partial charge in [0.15, 0.2) is 0 Å². The SMILES string of the molecule is Brc1ccc2c(c1)OC(c1ccccc1)CCNC2. The lowest BCUT2D eigenvalue weighted by Gasteiger charge is -2.24. The molecule has 2 aromatic carbocycles. The Morgan fingerprint density at radius 3 is 2.79 bits per heavy atom. The number of hydrogen-bond donors (Lipinski definition) is 1. The molecule has 3 heteroatoms. The van der Waals surface area contributed by atoms with E-state index in [0.717, 1.165) is 29.7 Å². The second-order valence-electron chi connectivity index (χ2n) is 4.73. The van der Waals surface area contributed by atoms with Crippen molar-refractivity contribution >= 4 is 15.9 Å². The molecular formula is C16H16BrNO. The molecule has 0 aromatic heterocycles. The molecule has 98 valence electrons. The molecule has 0 aliphatic carbocycles. The van der Waals surface area contributed by atoms with Gasteiger partial charge in [0.05, 0.1) is 0 Å². The van der Waals surface area contributed by atoms with Crippen LogP contribution in [-0.4, -0.2) is 6.54 Å². The minimum Gasteiger partial charge on any atom is -0.485 e. The summed E-state index contributed by atoms with van der Waals surface area (Å²) in [5.41, 5.74) is 2.45. The van der Waals surface area contributed by atoms with Crippen LogP contribution >= 0.6 is 15.9 Å². The van der Waals surface area contributed by atoms with Crippen LogP contribution in [0.15, 0.2) is 53.0 Å². The molecule has 2 aromatic rings. The second-order valence-corrected chi connectivity index (χ2v) is 5.65. The standard InChI is InChI=1S/C16H16BrNO/c17-14-7-6-13-11-18-9-8-15(19-16(13)10-14)12-4-2-1-3-5-12/h1-7,10,15,18H,8-9,11H2. The fraction of sp³-hybridized carbons (Fsp3) is 0.250. The van der Waals surface area contributed by atoms with Gasteiger partial charge in [-0.25, -0.2) is 0 Å². The highest BCUT2D eigenvalue weighted by molar-refractivity contribution is 9.10. The average molecular weight is 318 g/mol. The third-order valence-electron chi connectivity index (χ3n) is 3.37. The Kier molecular flexibility index (Phi) is 3.85. The van der Waals surface area contributed by atoms with E-state index in [0.29, 0.717) is 0 Å². The first-order valence-electron chi connectivity index (χ1n) is 6.54. The van der Waals surface area contributed by atoms with Crippen molar-refractivity contribution < 1.29 is 4.74 Å². The second kappa shape index (κ2) is 5.76. The highest BCUT2D eigenvalue weighted by atomic mass is 79.9. The van der Waals surface area contributed by atoms with Crippen LogP contribution in [0.4, 0.5) is 0 Å². The summed E-state index contributed by atoms with van der Waals surface area (Å²) < 4.78 is 7.29. The number of hydrogen-bond acceptors (Lipinski definition) is 2. The Morgan fingerprint density at radius 2 is 1.95 bits per heavy atom. The minimum absolute atomic E-state index is 0.113. The molecule has 1 N–H and O–H groups in total. The van der Waals surface area contributed by atoms with Crippen molar-refractivity contribution in [2.45, 2.75) is 19.1 Å². The van der Waals surface area contributed by atoms with Crippen molar-refractivity contribution in [3.63, 3.8) is 0 Å². The lowest BCUT2D eigenvalue weighted by Crippen LogP contribution is -2.23. The van der Waals surface area contributed by atoms with Gasteiger partial charge < -0.3 is 10.1 Å². The van der Waals surface area contributed by atoms with Crippen molar-refractivity contribution in [2.75, 3.05) is 6.54 Å². The molecule has 0 radical (unpaired) electrons. The van der Waals surface area contributed by atoms with Gasteiger partial charge in [-0.3, -0.25) is 0 Å². The highest BCUT2D eigenvalue weighted by Crippen LogP contribution is 2.31. The van der Waals surface area contributed by atoms with Crippen molar-refractivity contribution in [3.05, 3.63) is 64.1 Å². The van der Waals surface area contributed by atoms with Gasteiger partial charge >= 0.3 is 0 Å². The summed E-state index contributed by atoms with van der Waals surface area (Å²) in [4.78, 5) is 0. The lowest BCUT2D eigenvalue weighted by molar-refractivity contribution is 0.185. The quantitative estimate of drug-likeness (QED) is 0.856. The van der Waals surface area contributed by atoms with Crippen molar-refractivity contribution in [1.82, 2.24) is 5.32 Å². The molecule has 0 fully saturated rings. The van der Waals surface area contributed by atoms with Gasteiger partial charge in [0.2, 0.25) is 0 Å². The molecule has 0 spiro atoms. The average Bonchev–Trinajstić information content (AvgIpc) is 2.41. The van der Waals surface area contributed by atoms with Crippen molar-refractivity contribution in [1.29, 1.82) is 0 Å². The maximum Gasteiger partial charge on any atom is 0.125 e. The summed E-state index contributed by atoms with van der Waals surface area (Å²) in [7, 11) is 0. The van der Waals surface area contributed by atoms with Gasteiger partial charge in [0.1, 0.15) is 11.9 Å². The fourth-order valence-electron chi connectivity index (χ4n) is 2.35. The van der Waals surface area contributed by atoms with Crippen LogP contribution in [0.2, 0.25) is 0 Å². The monoisotopic (exact) mass is 317 g/mol. The van der Waals surface area contributed by atoms with Crippen LogP contribution < -0.4 is 10.1 Å². The number of rotatable bonds is 1. The predicted molar refractivity (Wildman–Crippen MR) is 80.3 cm³/mol. The maximum atomic E-state index is 6.23. The van der Waals surface area contributed by atoms with Crippen LogP contribution in [0.1, 0.15) is 23.7 Å². The number of ether oxygens (including phenoxy) is 1. The molecule has 19 heavy (non-hydrogen) atoms. The summed E-state index contributed by atoms with van der Waals surface area (Å²) >= 11 is 3.51. The molecule has 3 rings (SSSR count). The summed E-state index contributed by atoms with van der Waals surface area (Å²) in [6.07, 6.45) is 1.10. The third kappa shape index (κ3) is 2.99. The molecule has 0 bridgehead atoms. The zero-order valence-electron chi connectivity index (χ0n) is 10.6.